The van der Waals surface area contributed by atoms with E-state index in [0.29, 0.717) is 6.42 Å². The van der Waals surface area contributed by atoms with Crippen LogP contribution in [0.25, 0.3) is 0 Å². The first-order chi connectivity index (χ1) is 10.7. The summed E-state index contributed by atoms with van der Waals surface area (Å²) in [7, 11) is 1.21. The number of hydrogen-bond acceptors (Lipinski definition) is 5. The number of benzene rings is 1. The summed E-state index contributed by atoms with van der Waals surface area (Å²) in [6.07, 6.45) is -0.241. The fourth-order valence-corrected chi connectivity index (χ4v) is 1.95. The van der Waals surface area contributed by atoms with Crippen LogP contribution in [0.15, 0.2) is 18.2 Å². The molecule has 1 aliphatic carbocycles. The molecule has 0 saturated heterocycles. The quantitative estimate of drug-likeness (QED) is 0.862. The third-order valence-electron chi connectivity index (χ3n) is 3.06. The van der Waals surface area contributed by atoms with Gasteiger partial charge in [0, 0.05) is 6.42 Å². The van der Waals surface area contributed by atoms with E-state index >= 15 is 0 Å². The number of alkyl carbamates (subject to hydrolysis) is 1. The highest BCUT2D eigenvalue weighted by molar-refractivity contribution is 5.92. The molecule has 6 nitrogen and oxygen atoms in total. The van der Waals surface area contributed by atoms with Crippen LogP contribution in [0.5, 0.6) is 5.75 Å². The van der Waals surface area contributed by atoms with Crippen molar-refractivity contribution in [1.82, 2.24) is 5.32 Å². The molecule has 0 bridgehead atoms. The Morgan fingerprint density at radius 2 is 2.00 bits per heavy atom. The van der Waals surface area contributed by atoms with Gasteiger partial charge in [0.2, 0.25) is 0 Å². The third kappa shape index (κ3) is 4.84. The Labute approximate surface area is 133 Å². The molecule has 7 heteroatoms. The predicted octanol–water partition coefficient (Wildman–Crippen LogP) is 2.66. The smallest absolute Gasteiger partial charge is 0.408 e. The summed E-state index contributed by atoms with van der Waals surface area (Å²) in [6.45, 7) is 5.32. The summed E-state index contributed by atoms with van der Waals surface area (Å²) in [5.74, 6) is -1.02. The van der Waals surface area contributed by atoms with Gasteiger partial charge in [-0.05, 0) is 39.0 Å². The van der Waals surface area contributed by atoms with Crippen LogP contribution < -0.4 is 10.1 Å². The summed E-state index contributed by atoms with van der Waals surface area (Å²) in [4.78, 5) is 23.3. The standard InChI is InChI=1S/C16H20FNO5/c1-16(2,3)23-15(20)18-11-8-13(11)22-12-6-5-9(17)7-10(12)14(19)21-4/h5-7,11,13H,8H2,1-4H3,(H,18,20)/t11-,13-/m1/s1. The molecular weight excluding hydrogens is 305 g/mol. The topological polar surface area (TPSA) is 73.9 Å². The largest absolute Gasteiger partial charge is 0.487 e. The summed E-state index contributed by atoms with van der Waals surface area (Å²) < 4.78 is 28.7. The number of nitrogens with one attached hydrogen (secondary N) is 1. The van der Waals surface area contributed by atoms with E-state index in [-0.39, 0.29) is 23.5 Å². The van der Waals surface area contributed by atoms with Crippen molar-refractivity contribution in [2.75, 3.05) is 7.11 Å². The molecule has 23 heavy (non-hydrogen) atoms. The molecule has 1 aliphatic rings. The zero-order valence-electron chi connectivity index (χ0n) is 13.5. The number of halogens is 1. The van der Waals surface area contributed by atoms with Crippen LogP contribution in [0.4, 0.5) is 9.18 Å². The SMILES string of the molecule is COC(=O)c1cc(F)ccc1O[C@@H]1C[C@H]1NC(=O)OC(C)(C)C. The molecule has 0 aromatic heterocycles. The maximum Gasteiger partial charge on any atom is 0.408 e. The lowest BCUT2D eigenvalue weighted by Crippen LogP contribution is -2.35. The van der Waals surface area contributed by atoms with Gasteiger partial charge in [-0.3, -0.25) is 0 Å². The first kappa shape index (κ1) is 17.1. The zero-order valence-corrected chi connectivity index (χ0v) is 13.5. The van der Waals surface area contributed by atoms with Crippen molar-refractivity contribution in [3.63, 3.8) is 0 Å². The lowest BCUT2D eigenvalue weighted by atomic mass is 10.2. The third-order valence-corrected chi connectivity index (χ3v) is 3.06. The number of ether oxygens (including phenoxy) is 3. The molecule has 1 amide bonds. The first-order valence-corrected chi connectivity index (χ1v) is 7.23. The van der Waals surface area contributed by atoms with Crippen molar-refractivity contribution in [1.29, 1.82) is 0 Å². The molecular formula is C16H20FNO5. The minimum atomic E-state index is -0.684. The van der Waals surface area contributed by atoms with E-state index in [1.807, 2.05) is 0 Å². The van der Waals surface area contributed by atoms with Crippen LogP contribution in [0.2, 0.25) is 0 Å². The highest BCUT2D eigenvalue weighted by Gasteiger charge is 2.42. The second-order valence-electron chi connectivity index (χ2n) is 6.28. The van der Waals surface area contributed by atoms with Crippen LogP contribution >= 0.6 is 0 Å². The predicted molar refractivity (Wildman–Crippen MR) is 79.9 cm³/mol. The minimum Gasteiger partial charge on any atom is -0.487 e. The molecule has 1 fully saturated rings. The Morgan fingerprint density at radius 1 is 1.30 bits per heavy atom. The van der Waals surface area contributed by atoms with Crippen molar-refractivity contribution < 1.29 is 28.2 Å². The van der Waals surface area contributed by atoms with Crippen LogP contribution in [0.3, 0.4) is 0 Å². The molecule has 126 valence electrons. The Bertz CT molecular complexity index is 611. The average Bonchev–Trinajstić information content (AvgIpc) is 3.15. The maximum atomic E-state index is 13.3. The second-order valence-corrected chi connectivity index (χ2v) is 6.28. The van der Waals surface area contributed by atoms with Gasteiger partial charge in [-0.25, -0.2) is 14.0 Å². The molecule has 1 saturated carbocycles. The lowest BCUT2D eigenvalue weighted by Gasteiger charge is -2.19. The van der Waals surface area contributed by atoms with Crippen LogP contribution in [-0.2, 0) is 9.47 Å². The lowest BCUT2D eigenvalue weighted by molar-refractivity contribution is 0.0512. The molecule has 1 aromatic carbocycles. The van der Waals surface area contributed by atoms with Gasteiger partial charge >= 0.3 is 12.1 Å². The zero-order chi connectivity index (χ0) is 17.2. The van der Waals surface area contributed by atoms with Gasteiger partial charge in [-0.15, -0.1) is 0 Å². The molecule has 1 N–H and O–H groups in total. The monoisotopic (exact) mass is 325 g/mol. The number of rotatable bonds is 4. The summed E-state index contributed by atoms with van der Waals surface area (Å²) >= 11 is 0. The van der Waals surface area contributed by atoms with Gasteiger partial charge < -0.3 is 19.5 Å². The van der Waals surface area contributed by atoms with E-state index in [2.05, 4.69) is 10.1 Å². The van der Waals surface area contributed by atoms with E-state index in [4.69, 9.17) is 9.47 Å². The number of carbonyl (C=O) groups excluding carboxylic acids is 2. The molecule has 0 spiro atoms. The Morgan fingerprint density at radius 3 is 2.61 bits per heavy atom. The number of methoxy groups -OCH3 is 1. The van der Waals surface area contributed by atoms with Crippen LogP contribution in [0.1, 0.15) is 37.6 Å². The van der Waals surface area contributed by atoms with Gasteiger partial charge in [-0.1, -0.05) is 0 Å². The summed E-state index contributed by atoms with van der Waals surface area (Å²) in [5.41, 5.74) is -0.569. The van der Waals surface area contributed by atoms with Crippen molar-refractivity contribution in [3.05, 3.63) is 29.6 Å². The summed E-state index contributed by atoms with van der Waals surface area (Å²) in [6, 6.07) is 3.41. The van der Waals surface area contributed by atoms with Crippen LogP contribution in [-0.4, -0.2) is 36.9 Å². The molecule has 1 aromatic rings. The Hall–Kier alpha value is -2.31. The van der Waals surface area contributed by atoms with E-state index < -0.39 is 23.5 Å². The first-order valence-electron chi connectivity index (χ1n) is 7.23. The molecule has 0 aliphatic heterocycles. The molecule has 2 atom stereocenters. The van der Waals surface area contributed by atoms with Crippen molar-refractivity contribution in [3.8, 4) is 5.75 Å². The van der Waals surface area contributed by atoms with Gasteiger partial charge in [0.25, 0.3) is 0 Å². The van der Waals surface area contributed by atoms with Gasteiger partial charge in [0.05, 0.1) is 13.2 Å². The molecule has 0 radical (unpaired) electrons. The Balaban J connectivity index is 1.95. The number of carbonyl (C=O) groups is 2. The van der Waals surface area contributed by atoms with Gasteiger partial charge in [0.15, 0.2) is 0 Å². The van der Waals surface area contributed by atoms with Gasteiger partial charge in [0.1, 0.15) is 28.8 Å². The fraction of sp³-hybridized carbons (Fsp3) is 0.500. The molecule has 0 unspecified atom stereocenters. The Kier molecular flexibility index (Phi) is 4.77. The number of esters is 1. The van der Waals surface area contributed by atoms with Gasteiger partial charge in [-0.2, -0.15) is 0 Å². The summed E-state index contributed by atoms with van der Waals surface area (Å²) in [5, 5.41) is 2.68. The highest BCUT2D eigenvalue weighted by atomic mass is 19.1. The van der Waals surface area contributed by atoms with E-state index in [1.165, 1.54) is 19.2 Å². The van der Waals surface area contributed by atoms with E-state index in [0.717, 1.165) is 6.07 Å². The maximum absolute atomic E-state index is 13.3. The van der Waals surface area contributed by atoms with Crippen LogP contribution in [0, 0.1) is 5.82 Å². The van der Waals surface area contributed by atoms with Crippen molar-refractivity contribution >= 4 is 12.1 Å². The second kappa shape index (κ2) is 6.44. The normalized spacial score (nSPS) is 19.7. The van der Waals surface area contributed by atoms with Crippen molar-refractivity contribution in [2.45, 2.75) is 44.9 Å². The number of hydrogen-bond donors (Lipinski definition) is 1. The molecule has 0 heterocycles. The van der Waals surface area contributed by atoms with E-state index in [9.17, 15) is 14.0 Å². The average molecular weight is 325 g/mol. The van der Waals surface area contributed by atoms with E-state index in [1.54, 1.807) is 20.8 Å². The molecule has 2 rings (SSSR count). The van der Waals surface area contributed by atoms with Crippen molar-refractivity contribution in [2.24, 2.45) is 0 Å². The highest BCUT2D eigenvalue weighted by Crippen LogP contribution is 2.31. The fourth-order valence-electron chi connectivity index (χ4n) is 1.95. The number of amides is 1. The minimum absolute atomic E-state index is 0.00965.